The van der Waals surface area contributed by atoms with Crippen LogP contribution in [-0.2, 0) is 0 Å². The molecule has 1 atom stereocenters. The molecule has 0 spiro atoms. The summed E-state index contributed by atoms with van der Waals surface area (Å²) < 4.78 is 1.14. The second kappa shape index (κ2) is 5.11. The van der Waals surface area contributed by atoms with E-state index in [4.69, 9.17) is 17.3 Å². The van der Waals surface area contributed by atoms with Crippen LogP contribution >= 0.6 is 38.9 Å². The molecule has 17 heavy (non-hydrogen) atoms. The summed E-state index contributed by atoms with van der Waals surface area (Å²) in [5, 5.41) is 0.769. The average molecular weight is 331 g/mol. The Morgan fingerprint density at radius 3 is 2.47 bits per heavy atom. The molecule has 2 aromatic rings. The zero-order valence-corrected chi connectivity index (χ0v) is 12.8. The van der Waals surface area contributed by atoms with Crippen molar-refractivity contribution in [3.8, 4) is 0 Å². The molecule has 0 aliphatic carbocycles. The van der Waals surface area contributed by atoms with Crippen molar-refractivity contribution in [1.82, 2.24) is 0 Å². The van der Waals surface area contributed by atoms with Crippen molar-refractivity contribution in [3.63, 3.8) is 0 Å². The molecule has 0 aliphatic heterocycles. The van der Waals surface area contributed by atoms with Crippen molar-refractivity contribution in [2.24, 2.45) is 5.73 Å². The first-order valence-electron chi connectivity index (χ1n) is 5.26. The van der Waals surface area contributed by atoms with Crippen LogP contribution in [0.1, 0.15) is 27.6 Å². The highest BCUT2D eigenvalue weighted by molar-refractivity contribution is 9.11. The largest absolute Gasteiger partial charge is 0.320 e. The van der Waals surface area contributed by atoms with Gasteiger partial charge in [-0.1, -0.05) is 23.7 Å². The average Bonchev–Trinajstić information content (AvgIpc) is 2.62. The summed E-state index contributed by atoms with van der Waals surface area (Å²) in [5.41, 5.74) is 9.59. The summed E-state index contributed by atoms with van der Waals surface area (Å²) in [7, 11) is 0. The van der Waals surface area contributed by atoms with E-state index in [-0.39, 0.29) is 6.04 Å². The number of hydrogen-bond donors (Lipinski definition) is 1. The lowest BCUT2D eigenvalue weighted by Gasteiger charge is -2.11. The highest BCUT2D eigenvalue weighted by atomic mass is 79.9. The molecule has 1 nitrogen and oxygen atoms in total. The predicted octanol–water partition coefficient (Wildman–Crippen LogP) is 4.83. The van der Waals surface area contributed by atoms with Crippen molar-refractivity contribution in [3.05, 3.63) is 54.6 Å². The van der Waals surface area contributed by atoms with Crippen molar-refractivity contribution in [1.29, 1.82) is 0 Å². The minimum Gasteiger partial charge on any atom is -0.320 e. The fourth-order valence-electron chi connectivity index (χ4n) is 1.60. The van der Waals surface area contributed by atoms with Crippen LogP contribution in [0.4, 0.5) is 0 Å². The summed E-state index contributed by atoms with van der Waals surface area (Å²) in [6.45, 7) is 4.06. The van der Waals surface area contributed by atoms with Gasteiger partial charge in [0.25, 0.3) is 0 Å². The lowest BCUT2D eigenvalue weighted by atomic mass is 10.0. The minimum atomic E-state index is -0.108. The number of halogens is 2. The smallest absolute Gasteiger partial charge is 0.0731 e. The molecule has 0 fully saturated rings. The summed E-state index contributed by atoms with van der Waals surface area (Å²) in [5.74, 6) is 0. The zero-order chi connectivity index (χ0) is 12.6. The molecule has 0 saturated carbocycles. The van der Waals surface area contributed by atoms with Crippen molar-refractivity contribution in [2.45, 2.75) is 19.9 Å². The van der Waals surface area contributed by atoms with Crippen LogP contribution in [0.15, 0.2) is 28.1 Å². The fourth-order valence-corrected chi connectivity index (χ4v) is 3.39. The number of aryl methyl sites for hydroxylation is 2. The molecule has 0 aliphatic rings. The zero-order valence-electron chi connectivity index (χ0n) is 9.63. The van der Waals surface area contributed by atoms with Gasteiger partial charge in [0, 0.05) is 9.90 Å². The van der Waals surface area contributed by atoms with E-state index in [2.05, 4.69) is 28.9 Å². The number of nitrogens with two attached hydrogens (primary N) is 1. The second-order valence-corrected chi connectivity index (χ2v) is 6.90. The van der Waals surface area contributed by atoms with Gasteiger partial charge in [-0.25, -0.2) is 0 Å². The van der Waals surface area contributed by atoms with Gasteiger partial charge >= 0.3 is 0 Å². The minimum absolute atomic E-state index is 0.108. The van der Waals surface area contributed by atoms with E-state index in [1.54, 1.807) is 11.3 Å². The number of rotatable bonds is 2. The monoisotopic (exact) mass is 329 g/mol. The summed E-state index contributed by atoms with van der Waals surface area (Å²) in [6, 6.07) is 8.00. The molecule has 2 rings (SSSR count). The highest BCUT2D eigenvalue weighted by Crippen LogP contribution is 2.34. The second-order valence-electron chi connectivity index (χ2n) is 4.09. The Balaban J connectivity index is 2.36. The first-order chi connectivity index (χ1) is 7.99. The first kappa shape index (κ1) is 13.1. The van der Waals surface area contributed by atoms with Crippen LogP contribution in [0.3, 0.4) is 0 Å². The van der Waals surface area contributed by atoms with E-state index in [1.807, 2.05) is 25.1 Å². The number of hydrogen-bond acceptors (Lipinski definition) is 2. The molecule has 1 unspecified atom stereocenters. The molecule has 1 aromatic heterocycles. The molecule has 2 N–H and O–H groups in total. The van der Waals surface area contributed by atoms with E-state index in [9.17, 15) is 0 Å². The van der Waals surface area contributed by atoms with E-state index < -0.39 is 0 Å². The Morgan fingerprint density at radius 1 is 1.24 bits per heavy atom. The standard InChI is InChI=1S/C13H13BrClNS/c1-7-3-4-9(6-10(7)15)12(16)11-5-8(2)13(14)17-11/h3-6,12H,16H2,1-2H3. The molecular formula is C13H13BrClNS. The molecule has 0 bridgehead atoms. The molecular weight excluding hydrogens is 318 g/mol. The van der Waals surface area contributed by atoms with Gasteiger partial charge in [-0.2, -0.15) is 0 Å². The highest BCUT2D eigenvalue weighted by Gasteiger charge is 2.13. The third-order valence-corrected chi connectivity index (χ3v) is 5.36. The van der Waals surface area contributed by atoms with Crippen LogP contribution in [-0.4, -0.2) is 0 Å². The molecule has 1 aromatic carbocycles. The van der Waals surface area contributed by atoms with Gasteiger partial charge < -0.3 is 5.73 Å². The lowest BCUT2D eigenvalue weighted by Crippen LogP contribution is -2.10. The van der Waals surface area contributed by atoms with Gasteiger partial charge in [-0.15, -0.1) is 11.3 Å². The number of thiophene rings is 1. The Bertz CT molecular complexity index is 531. The summed E-state index contributed by atoms with van der Waals surface area (Å²) in [6.07, 6.45) is 0. The third-order valence-electron chi connectivity index (χ3n) is 2.74. The predicted molar refractivity (Wildman–Crippen MR) is 79.0 cm³/mol. The van der Waals surface area contributed by atoms with Gasteiger partial charge in [0.05, 0.1) is 9.83 Å². The maximum Gasteiger partial charge on any atom is 0.0731 e. The Labute approximate surface area is 119 Å². The first-order valence-corrected chi connectivity index (χ1v) is 7.25. The van der Waals surface area contributed by atoms with Gasteiger partial charge in [0.15, 0.2) is 0 Å². The van der Waals surface area contributed by atoms with Crippen molar-refractivity contribution >= 4 is 38.9 Å². The molecule has 0 saturated heterocycles. The van der Waals surface area contributed by atoms with Crippen LogP contribution in [0.2, 0.25) is 5.02 Å². The molecule has 1 heterocycles. The Hall–Kier alpha value is -0.350. The third kappa shape index (κ3) is 2.74. The quantitative estimate of drug-likeness (QED) is 0.838. The van der Waals surface area contributed by atoms with Crippen LogP contribution in [0, 0.1) is 13.8 Å². The summed E-state index contributed by atoms with van der Waals surface area (Å²) in [4.78, 5) is 1.15. The maximum absolute atomic E-state index is 6.25. The Kier molecular flexibility index (Phi) is 3.93. The fraction of sp³-hybridized carbons (Fsp3) is 0.231. The van der Waals surface area contributed by atoms with Gasteiger partial charge in [-0.05, 0) is 58.6 Å². The van der Waals surface area contributed by atoms with Crippen LogP contribution in [0.5, 0.6) is 0 Å². The SMILES string of the molecule is Cc1ccc(C(N)c2cc(C)c(Br)s2)cc1Cl. The maximum atomic E-state index is 6.25. The van der Waals surface area contributed by atoms with E-state index in [1.165, 1.54) is 5.56 Å². The van der Waals surface area contributed by atoms with E-state index in [0.29, 0.717) is 0 Å². The number of benzene rings is 1. The molecule has 0 amide bonds. The van der Waals surface area contributed by atoms with Crippen molar-refractivity contribution < 1.29 is 0 Å². The summed E-state index contributed by atoms with van der Waals surface area (Å²) >= 11 is 11.3. The molecule has 90 valence electrons. The normalized spacial score (nSPS) is 12.8. The molecule has 0 radical (unpaired) electrons. The van der Waals surface area contributed by atoms with Gasteiger partial charge in [0.1, 0.15) is 0 Å². The van der Waals surface area contributed by atoms with Gasteiger partial charge in [-0.3, -0.25) is 0 Å². The van der Waals surface area contributed by atoms with Crippen LogP contribution in [0.25, 0.3) is 0 Å². The molecule has 4 heteroatoms. The van der Waals surface area contributed by atoms with Gasteiger partial charge in [0.2, 0.25) is 0 Å². The van der Waals surface area contributed by atoms with E-state index in [0.717, 1.165) is 24.8 Å². The lowest BCUT2D eigenvalue weighted by molar-refractivity contribution is 0.892. The van der Waals surface area contributed by atoms with Crippen LogP contribution < -0.4 is 5.73 Å². The van der Waals surface area contributed by atoms with Crippen molar-refractivity contribution in [2.75, 3.05) is 0 Å². The topological polar surface area (TPSA) is 26.0 Å². The Morgan fingerprint density at radius 2 is 1.94 bits per heavy atom. The van der Waals surface area contributed by atoms with E-state index >= 15 is 0 Å².